The largest absolute Gasteiger partial charge is 0.350 e. The maximum absolute atomic E-state index is 4.59. The van der Waals surface area contributed by atoms with Crippen molar-refractivity contribution in [1.82, 2.24) is 14.7 Å². The number of aromatic nitrogens is 2. The monoisotopic (exact) mass is 254 g/mol. The van der Waals surface area contributed by atoms with E-state index < -0.39 is 0 Å². The second kappa shape index (κ2) is 5.78. The van der Waals surface area contributed by atoms with Crippen LogP contribution in [0.15, 0.2) is 0 Å². The number of piperidine rings is 1. The summed E-state index contributed by atoms with van der Waals surface area (Å²) in [6.07, 6.45) is 2.56. The lowest BCUT2D eigenvalue weighted by Gasteiger charge is -2.27. The van der Waals surface area contributed by atoms with Crippen LogP contribution in [0.25, 0.3) is 0 Å². The van der Waals surface area contributed by atoms with Crippen LogP contribution in [0, 0.1) is 5.92 Å². The number of nitrogens with one attached hydrogen (secondary N) is 1. The summed E-state index contributed by atoms with van der Waals surface area (Å²) < 4.78 is 4.41. The van der Waals surface area contributed by atoms with Crippen LogP contribution in [-0.2, 0) is 0 Å². The van der Waals surface area contributed by atoms with Crippen molar-refractivity contribution in [3.8, 4) is 0 Å². The zero-order valence-electron chi connectivity index (χ0n) is 10.9. The number of rotatable bonds is 4. The van der Waals surface area contributed by atoms with Crippen molar-refractivity contribution in [3.05, 3.63) is 5.82 Å². The molecule has 1 N–H and O–H groups in total. The summed E-state index contributed by atoms with van der Waals surface area (Å²) in [5.74, 6) is 2.20. The van der Waals surface area contributed by atoms with Gasteiger partial charge >= 0.3 is 0 Å². The van der Waals surface area contributed by atoms with Crippen molar-refractivity contribution in [2.24, 2.45) is 5.92 Å². The first kappa shape index (κ1) is 12.8. The Morgan fingerprint density at radius 1 is 1.41 bits per heavy atom. The van der Waals surface area contributed by atoms with Crippen LogP contribution in [0.4, 0.5) is 5.13 Å². The Hall–Kier alpha value is -0.680. The molecule has 0 bridgehead atoms. The van der Waals surface area contributed by atoms with Crippen molar-refractivity contribution in [3.63, 3.8) is 0 Å². The van der Waals surface area contributed by atoms with Crippen LogP contribution in [0.2, 0.25) is 0 Å². The third-order valence-electron chi connectivity index (χ3n) is 3.26. The third-order valence-corrected chi connectivity index (χ3v) is 4.11. The van der Waals surface area contributed by atoms with Crippen molar-refractivity contribution in [2.45, 2.75) is 32.6 Å². The lowest BCUT2D eigenvalue weighted by molar-refractivity contribution is 0.378. The molecule has 1 aromatic heterocycles. The molecule has 1 fully saturated rings. The van der Waals surface area contributed by atoms with Gasteiger partial charge in [0.05, 0.1) is 0 Å². The van der Waals surface area contributed by atoms with Crippen LogP contribution in [0.3, 0.4) is 0 Å². The minimum Gasteiger partial charge on any atom is -0.350 e. The van der Waals surface area contributed by atoms with Crippen LogP contribution in [0.1, 0.15) is 38.4 Å². The van der Waals surface area contributed by atoms with Crippen molar-refractivity contribution < 1.29 is 0 Å². The molecule has 0 unspecified atom stereocenters. The molecule has 1 aliphatic heterocycles. The average Bonchev–Trinajstić information content (AvgIpc) is 2.79. The van der Waals surface area contributed by atoms with E-state index in [4.69, 9.17) is 0 Å². The fraction of sp³-hybridized carbons (Fsp3) is 0.833. The molecule has 0 aliphatic carbocycles. The van der Waals surface area contributed by atoms with E-state index in [9.17, 15) is 0 Å². The highest BCUT2D eigenvalue weighted by atomic mass is 32.1. The van der Waals surface area contributed by atoms with E-state index in [1.807, 2.05) is 0 Å². The highest BCUT2D eigenvalue weighted by Gasteiger charge is 2.17. The smallest absolute Gasteiger partial charge is 0.204 e. The fourth-order valence-electron chi connectivity index (χ4n) is 2.15. The van der Waals surface area contributed by atoms with E-state index in [0.29, 0.717) is 5.92 Å². The molecule has 96 valence electrons. The fourth-order valence-corrected chi connectivity index (χ4v) is 2.92. The Morgan fingerprint density at radius 2 is 2.12 bits per heavy atom. The molecule has 1 aliphatic rings. The van der Waals surface area contributed by atoms with E-state index >= 15 is 0 Å². The van der Waals surface area contributed by atoms with Gasteiger partial charge < -0.3 is 10.2 Å². The molecule has 1 aromatic rings. The Balaban J connectivity index is 1.91. The van der Waals surface area contributed by atoms with Crippen molar-refractivity contribution in [2.75, 3.05) is 31.6 Å². The summed E-state index contributed by atoms with van der Waals surface area (Å²) in [6, 6.07) is 0. The van der Waals surface area contributed by atoms with Crippen molar-refractivity contribution >= 4 is 16.7 Å². The second-order valence-corrected chi connectivity index (χ2v) is 5.89. The molecule has 4 nitrogen and oxygen atoms in total. The number of hydrogen-bond donors (Lipinski definition) is 1. The van der Waals surface area contributed by atoms with Gasteiger partial charge in [-0.1, -0.05) is 13.8 Å². The topological polar surface area (TPSA) is 41.1 Å². The molecule has 0 amide bonds. The highest BCUT2D eigenvalue weighted by Crippen LogP contribution is 2.22. The second-order valence-electron chi connectivity index (χ2n) is 5.16. The zero-order valence-corrected chi connectivity index (χ0v) is 11.8. The van der Waals surface area contributed by atoms with Gasteiger partial charge in [0.15, 0.2) is 0 Å². The molecule has 0 saturated carbocycles. The van der Waals surface area contributed by atoms with E-state index in [1.165, 1.54) is 24.4 Å². The van der Waals surface area contributed by atoms with Gasteiger partial charge in [-0.25, -0.2) is 4.98 Å². The van der Waals surface area contributed by atoms with E-state index in [0.717, 1.165) is 36.5 Å². The molecule has 17 heavy (non-hydrogen) atoms. The van der Waals surface area contributed by atoms with Crippen LogP contribution in [0.5, 0.6) is 0 Å². The molecular formula is C12H22N4S. The summed E-state index contributed by atoms with van der Waals surface area (Å²) in [6.45, 7) is 7.70. The Bertz CT molecular complexity index is 344. The summed E-state index contributed by atoms with van der Waals surface area (Å²) >= 11 is 1.52. The molecule has 2 heterocycles. The van der Waals surface area contributed by atoms with Gasteiger partial charge in [-0.2, -0.15) is 4.37 Å². The standard InChI is InChI=1S/C12H22N4S/c1-9(2)11-14-12(17-15-11)16(3)8-10-4-6-13-7-5-10/h9-10,13H,4-8H2,1-3H3. The van der Waals surface area contributed by atoms with Gasteiger partial charge in [0, 0.05) is 31.0 Å². The van der Waals surface area contributed by atoms with E-state index in [2.05, 4.69) is 40.5 Å². The SMILES string of the molecule is CC(C)c1nsc(N(C)CC2CCNCC2)n1. The predicted molar refractivity (Wildman–Crippen MR) is 72.9 cm³/mol. The van der Waals surface area contributed by atoms with Crippen LogP contribution in [-0.4, -0.2) is 36.0 Å². The van der Waals surface area contributed by atoms with Crippen LogP contribution < -0.4 is 10.2 Å². The van der Waals surface area contributed by atoms with E-state index in [1.54, 1.807) is 0 Å². The van der Waals surface area contributed by atoms with Gasteiger partial charge in [0.25, 0.3) is 0 Å². The summed E-state index contributed by atoms with van der Waals surface area (Å²) in [5, 5.41) is 4.47. The quantitative estimate of drug-likeness (QED) is 0.893. The van der Waals surface area contributed by atoms with Gasteiger partial charge in [-0.05, 0) is 31.8 Å². The van der Waals surface area contributed by atoms with Gasteiger partial charge in [-0.3, -0.25) is 0 Å². The summed E-state index contributed by atoms with van der Waals surface area (Å²) in [4.78, 5) is 6.86. The molecule has 0 radical (unpaired) electrons. The third kappa shape index (κ3) is 3.39. The Labute approximate surface area is 108 Å². The normalized spacial score (nSPS) is 17.6. The number of nitrogens with zero attached hydrogens (tertiary/aromatic N) is 3. The maximum Gasteiger partial charge on any atom is 0.204 e. The minimum absolute atomic E-state index is 0.423. The summed E-state index contributed by atoms with van der Waals surface area (Å²) in [7, 11) is 2.13. The summed E-state index contributed by atoms with van der Waals surface area (Å²) in [5.41, 5.74) is 0. The molecule has 0 aromatic carbocycles. The Kier molecular flexibility index (Phi) is 4.34. The van der Waals surface area contributed by atoms with E-state index in [-0.39, 0.29) is 0 Å². The Morgan fingerprint density at radius 3 is 2.71 bits per heavy atom. The average molecular weight is 254 g/mol. The number of hydrogen-bond acceptors (Lipinski definition) is 5. The lowest BCUT2D eigenvalue weighted by atomic mass is 9.98. The minimum atomic E-state index is 0.423. The molecular weight excluding hydrogens is 232 g/mol. The lowest BCUT2D eigenvalue weighted by Crippen LogP contribution is -2.34. The maximum atomic E-state index is 4.59. The molecule has 2 rings (SSSR count). The van der Waals surface area contributed by atoms with Crippen LogP contribution >= 0.6 is 11.5 Å². The van der Waals surface area contributed by atoms with Gasteiger partial charge in [0.1, 0.15) is 5.82 Å². The highest BCUT2D eigenvalue weighted by molar-refractivity contribution is 7.09. The molecule has 0 spiro atoms. The first-order valence-corrected chi connectivity index (χ1v) is 7.19. The molecule has 0 atom stereocenters. The first-order valence-electron chi connectivity index (χ1n) is 6.42. The predicted octanol–water partition coefficient (Wildman–Crippen LogP) is 2.10. The molecule has 1 saturated heterocycles. The zero-order chi connectivity index (χ0) is 12.3. The molecule has 5 heteroatoms. The first-order chi connectivity index (χ1) is 8.16. The van der Waals surface area contributed by atoms with Gasteiger partial charge in [0.2, 0.25) is 5.13 Å². The van der Waals surface area contributed by atoms with Gasteiger partial charge in [-0.15, -0.1) is 0 Å². The van der Waals surface area contributed by atoms with Crippen molar-refractivity contribution in [1.29, 1.82) is 0 Å². The number of anilines is 1.